The third kappa shape index (κ3) is 6.25. The number of hydrogen-bond donors (Lipinski definition) is 2. The van der Waals surface area contributed by atoms with Crippen molar-refractivity contribution in [1.82, 2.24) is 10.6 Å². The summed E-state index contributed by atoms with van der Waals surface area (Å²) in [4.78, 5) is 12.0. The summed E-state index contributed by atoms with van der Waals surface area (Å²) in [5.74, 6) is 1.86. The zero-order chi connectivity index (χ0) is 15.0. The molecule has 1 aliphatic rings. The summed E-state index contributed by atoms with van der Waals surface area (Å²) in [6, 6.07) is 0.218. The van der Waals surface area contributed by atoms with Crippen LogP contribution >= 0.6 is 0 Å². The van der Waals surface area contributed by atoms with Gasteiger partial charge >= 0.3 is 0 Å². The molecule has 1 rings (SSSR count). The predicted octanol–water partition coefficient (Wildman–Crippen LogP) is 3.49. The van der Waals surface area contributed by atoms with Crippen molar-refractivity contribution in [2.24, 2.45) is 11.8 Å². The molecular weight excluding hydrogens is 248 g/mol. The van der Waals surface area contributed by atoms with Crippen molar-refractivity contribution in [3.63, 3.8) is 0 Å². The largest absolute Gasteiger partial charge is 0.352 e. The molecule has 0 aromatic heterocycles. The average Bonchev–Trinajstić information content (AvgIpc) is 2.45. The SMILES string of the molecule is CCCC(C)NC(=O)C(C)NCC1CCC(CC)CC1. The number of carbonyl (C=O) groups is 1. The zero-order valence-corrected chi connectivity index (χ0v) is 13.9. The minimum atomic E-state index is -0.0711. The lowest BCUT2D eigenvalue weighted by Crippen LogP contribution is -2.46. The van der Waals surface area contributed by atoms with Crippen LogP contribution in [0.2, 0.25) is 0 Å². The van der Waals surface area contributed by atoms with E-state index in [0.717, 1.165) is 31.2 Å². The highest BCUT2D eigenvalue weighted by Crippen LogP contribution is 2.30. The molecule has 0 bridgehead atoms. The summed E-state index contributed by atoms with van der Waals surface area (Å²) in [7, 11) is 0. The molecule has 2 unspecified atom stereocenters. The second-order valence-corrected chi connectivity index (χ2v) is 6.62. The van der Waals surface area contributed by atoms with E-state index in [0.29, 0.717) is 0 Å². The monoisotopic (exact) mass is 282 g/mol. The maximum Gasteiger partial charge on any atom is 0.237 e. The Hall–Kier alpha value is -0.570. The van der Waals surface area contributed by atoms with Gasteiger partial charge in [-0.05, 0) is 51.5 Å². The van der Waals surface area contributed by atoms with E-state index < -0.39 is 0 Å². The lowest BCUT2D eigenvalue weighted by Gasteiger charge is -2.29. The fraction of sp³-hybridized carbons (Fsp3) is 0.941. The van der Waals surface area contributed by atoms with Gasteiger partial charge in [0.05, 0.1) is 6.04 Å². The molecule has 2 atom stereocenters. The van der Waals surface area contributed by atoms with Gasteiger partial charge < -0.3 is 10.6 Å². The Morgan fingerprint density at radius 3 is 2.25 bits per heavy atom. The number of rotatable bonds is 8. The van der Waals surface area contributed by atoms with Crippen molar-refractivity contribution >= 4 is 5.91 Å². The number of carbonyl (C=O) groups excluding carboxylic acids is 1. The Labute approximate surface area is 125 Å². The summed E-state index contributed by atoms with van der Waals surface area (Å²) in [5.41, 5.74) is 0. The Bertz CT molecular complexity index is 272. The van der Waals surface area contributed by atoms with E-state index in [2.05, 4.69) is 31.4 Å². The fourth-order valence-electron chi connectivity index (χ4n) is 3.15. The van der Waals surface area contributed by atoms with Crippen LogP contribution < -0.4 is 10.6 Å². The first-order chi connectivity index (χ1) is 9.56. The van der Waals surface area contributed by atoms with Gasteiger partial charge in [-0.3, -0.25) is 4.79 Å². The molecule has 0 heterocycles. The molecule has 0 aromatic carbocycles. The van der Waals surface area contributed by atoms with Crippen LogP contribution in [0.25, 0.3) is 0 Å². The predicted molar refractivity (Wildman–Crippen MR) is 85.7 cm³/mol. The number of amides is 1. The summed E-state index contributed by atoms with van der Waals surface area (Å²) in [5, 5.41) is 6.50. The van der Waals surface area contributed by atoms with Gasteiger partial charge in [-0.15, -0.1) is 0 Å². The van der Waals surface area contributed by atoms with Gasteiger partial charge in [0.1, 0.15) is 0 Å². The molecule has 1 fully saturated rings. The van der Waals surface area contributed by atoms with Crippen molar-refractivity contribution in [2.45, 2.75) is 84.7 Å². The quantitative estimate of drug-likeness (QED) is 0.715. The summed E-state index contributed by atoms with van der Waals surface area (Å²) < 4.78 is 0. The van der Waals surface area contributed by atoms with Crippen LogP contribution in [-0.4, -0.2) is 24.5 Å². The lowest BCUT2D eigenvalue weighted by atomic mass is 9.81. The lowest BCUT2D eigenvalue weighted by molar-refractivity contribution is -0.123. The van der Waals surface area contributed by atoms with Gasteiger partial charge in [0.15, 0.2) is 0 Å². The molecule has 3 nitrogen and oxygen atoms in total. The molecule has 1 aliphatic carbocycles. The fourth-order valence-corrected chi connectivity index (χ4v) is 3.15. The Morgan fingerprint density at radius 2 is 1.70 bits per heavy atom. The van der Waals surface area contributed by atoms with E-state index in [9.17, 15) is 4.79 Å². The first kappa shape index (κ1) is 17.5. The van der Waals surface area contributed by atoms with Crippen LogP contribution in [0, 0.1) is 11.8 Å². The summed E-state index contributed by atoms with van der Waals surface area (Å²) >= 11 is 0. The van der Waals surface area contributed by atoms with E-state index in [1.807, 2.05) is 6.92 Å². The minimum absolute atomic E-state index is 0.0711. The molecule has 118 valence electrons. The topological polar surface area (TPSA) is 41.1 Å². The first-order valence-electron chi connectivity index (χ1n) is 8.60. The number of hydrogen-bond acceptors (Lipinski definition) is 2. The standard InChI is InChI=1S/C17H34N2O/c1-5-7-13(3)19-17(20)14(4)18-12-16-10-8-15(6-2)9-11-16/h13-16,18H,5-12H2,1-4H3,(H,19,20). The van der Waals surface area contributed by atoms with E-state index in [4.69, 9.17) is 0 Å². The van der Waals surface area contributed by atoms with E-state index in [1.54, 1.807) is 0 Å². The van der Waals surface area contributed by atoms with E-state index >= 15 is 0 Å². The molecule has 0 aromatic rings. The third-order valence-electron chi connectivity index (χ3n) is 4.76. The van der Waals surface area contributed by atoms with Crippen molar-refractivity contribution in [1.29, 1.82) is 0 Å². The van der Waals surface area contributed by atoms with Gasteiger partial charge in [0.25, 0.3) is 0 Å². The molecule has 1 amide bonds. The average molecular weight is 282 g/mol. The Morgan fingerprint density at radius 1 is 1.10 bits per heavy atom. The highest BCUT2D eigenvalue weighted by molar-refractivity contribution is 5.81. The van der Waals surface area contributed by atoms with Crippen LogP contribution in [0.5, 0.6) is 0 Å². The van der Waals surface area contributed by atoms with E-state index in [-0.39, 0.29) is 18.0 Å². The zero-order valence-electron chi connectivity index (χ0n) is 13.9. The maximum absolute atomic E-state index is 12.0. The normalized spacial score (nSPS) is 26.0. The van der Waals surface area contributed by atoms with Gasteiger partial charge in [0, 0.05) is 6.04 Å². The molecule has 0 saturated heterocycles. The van der Waals surface area contributed by atoms with Crippen LogP contribution in [0.4, 0.5) is 0 Å². The van der Waals surface area contributed by atoms with Gasteiger partial charge in [-0.25, -0.2) is 0 Å². The van der Waals surface area contributed by atoms with Crippen LogP contribution in [0.3, 0.4) is 0 Å². The Balaban J connectivity index is 2.19. The van der Waals surface area contributed by atoms with Crippen molar-refractivity contribution < 1.29 is 4.79 Å². The van der Waals surface area contributed by atoms with Crippen molar-refractivity contribution in [3.8, 4) is 0 Å². The van der Waals surface area contributed by atoms with Crippen LogP contribution in [0.15, 0.2) is 0 Å². The molecular formula is C17H34N2O. The van der Waals surface area contributed by atoms with Crippen molar-refractivity contribution in [3.05, 3.63) is 0 Å². The van der Waals surface area contributed by atoms with Gasteiger partial charge in [-0.1, -0.05) is 39.5 Å². The second-order valence-electron chi connectivity index (χ2n) is 6.62. The van der Waals surface area contributed by atoms with Crippen LogP contribution in [0.1, 0.15) is 72.6 Å². The second kappa shape index (κ2) is 9.38. The molecule has 0 aliphatic heterocycles. The van der Waals surface area contributed by atoms with Crippen LogP contribution in [-0.2, 0) is 4.79 Å². The summed E-state index contributed by atoms with van der Waals surface area (Å²) in [6.45, 7) is 9.50. The first-order valence-corrected chi connectivity index (χ1v) is 8.60. The van der Waals surface area contributed by atoms with Crippen molar-refractivity contribution in [2.75, 3.05) is 6.54 Å². The highest BCUT2D eigenvalue weighted by atomic mass is 16.2. The highest BCUT2D eigenvalue weighted by Gasteiger charge is 2.21. The minimum Gasteiger partial charge on any atom is -0.352 e. The molecule has 1 saturated carbocycles. The number of nitrogens with one attached hydrogen (secondary N) is 2. The molecule has 20 heavy (non-hydrogen) atoms. The smallest absolute Gasteiger partial charge is 0.237 e. The molecule has 0 spiro atoms. The van der Waals surface area contributed by atoms with Gasteiger partial charge in [-0.2, -0.15) is 0 Å². The summed E-state index contributed by atoms with van der Waals surface area (Å²) in [6.07, 6.45) is 8.89. The van der Waals surface area contributed by atoms with Gasteiger partial charge in [0.2, 0.25) is 5.91 Å². The molecule has 2 N–H and O–H groups in total. The molecule has 0 radical (unpaired) electrons. The molecule has 3 heteroatoms. The maximum atomic E-state index is 12.0. The third-order valence-corrected chi connectivity index (χ3v) is 4.76. The van der Waals surface area contributed by atoms with E-state index in [1.165, 1.54) is 32.1 Å². The Kier molecular flexibility index (Phi) is 8.20.